The predicted molar refractivity (Wildman–Crippen MR) is 212 cm³/mol. The summed E-state index contributed by atoms with van der Waals surface area (Å²) >= 11 is 0. The zero-order valence-corrected chi connectivity index (χ0v) is 33.3. The Kier molecular flexibility index (Phi) is 9.59. The summed E-state index contributed by atoms with van der Waals surface area (Å²) in [6.45, 7) is 8.57. The first kappa shape index (κ1) is 38.6. The summed E-state index contributed by atoms with van der Waals surface area (Å²) in [5.74, 6) is -3.01. The molecule has 0 spiro atoms. The summed E-state index contributed by atoms with van der Waals surface area (Å²) in [7, 11) is 0. The van der Waals surface area contributed by atoms with Crippen LogP contribution in [-0.4, -0.2) is 105 Å². The average molecular weight is 802 g/mol. The largest absolute Gasteiger partial charge is 0.461 e. The van der Waals surface area contributed by atoms with Gasteiger partial charge in [-0.05, 0) is 114 Å². The monoisotopic (exact) mass is 801 g/mol. The number of nitrogens with zero attached hydrogens (tertiary/aromatic N) is 6. The normalized spacial score (nSPS) is 24.1. The minimum absolute atomic E-state index is 0.00589. The molecule has 1 N–H and O–H groups in total. The number of likely N-dealkylation sites (tertiary alicyclic amines) is 1. The number of benzene rings is 2. The lowest BCUT2D eigenvalue weighted by atomic mass is 9.88. The third-order valence-corrected chi connectivity index (χ3v) is 13.0. The number of halogens is 3. The number of anilines is 1. The first-order valence-corrected chi connectivity index (χ1v) is 20.6. The maximum atomic E-state index is 17.6. The van der Waals surface area contributed by atoms with Gasteiger partial charge < -0.3 is 29.3 Å². The molecule has 0 radical (unpaired) electrons. The number of hydrogen-bond acceptors (Lipinski definition) is 10. The number of alkyl carbamates (subject to hydrolysis) is 1. The molecule has 0 saturated carbocycles. The van der Waals surface area contributed by atoms with Crippen LogP contribution in [0.2, 0.25) is 0 Å². The van der Waals surface area contributed by atoms with Crippen molar-refractivity contribution in [1.82, 2.24) is 30.1 Å². The zero-order chi connectivity index (χ0) is 40.5. The van der Waals surface area contributed by atoms with E-state index < -0.39 is 47.8 Å². The number of pyridine rings is 1. The van der Waals surface area contributed by atoms with Crippen molar-refractivity contribution in [3.8, 4) is 23.0 Å². The number of aromatic nitrogens is 3. The van der Waals surface area contributed by atoms with Gasteiger partial charge in [0.2, 0.25) is 0 Å². The number of fused-ring (bicyclic) bond motifs is 7. The highest BCUT2D eigenvalue weighted by molar-refractivity contribution is 6.02. The van der Waals surface area contributed by atoms with Crippen molar-refractivity contribution in [2.24, 2.45) is 0 Å². The number of piperidine rings is 2. The van der Waals surface area contributed by atoms with Gasteiger partial charge in [0.25, 0.3) is 5.92 Å². The second-order valence-corrected chi connectivity index (χ2v) is 17.8. The summed E-state index contributed by atoms with van der Waals surface area (Å²) in [5, 5.41) is 4.81. The van der Waals surface area contributed by atoms with E-state index in [1.54, 1.807) is 32.2 Å². The Bertz CT molecular complexity index is 2280. The van der Waals surface area contributed by atoms with E-state index in [4.69, 9.17) is 29.2 Å². The smallest absolute Gasteiger partial charge is 0.415 e. The minimum Gasteiger partial charge on any atom is -0.461 e. The molecule has 4 saturated heterocycles. The van der Waals surface area contributed by atoms with Crippen LogP contribution in [0, 0.1) is 5.82 Å². The average Bonchev–Trinajstić information content (AvgIpc) is 3.75. The van der Waals surface area contributed by atoms with Crippen molar-refractivity contribution >= 4 is 39.7 Å². The molecule has 6 bridgehead atoms. The number of hydrogen-bond donors (Lipinski definition) is 1. The van der Waals surface area contributed by atoms with Gasteiger partial charge in [0.05, 0.1) is 23.1 Å². The van der Waals surface area contributed by atoms with Crippen LogP contribution in [0.25, 0.3) is 32.9 Å². The second kappa shape index (κ2) is 14.4. The maximum Gasteiger partial charge on any atom is 0.415 e. The van der Waals surface area contributed by atoms with Gasteiger partial charge in [-0.1, -0.05) is 18.2 Å². The summed E-state index contributed by atoms with van der Waals surface area (Å²) in [6, 6.07) is 8.95. The van der Waals surface area contributed by atoms with Crippen LogP contribution in [-0.2, 0) is 11.2 Å². The third kappa shape index (κ3) is 7.13. The first-order chi connectivity index (χ1) is 27.7. The molecule has 2 aromatic heterocycles. The van der Waals surface area contributed by atoms with Crippen LogP contribution in [0.15, 0.2) is 36.5 Å². The fourth-order valence-electron chi connectivity index (χ4n) is 10.2. The van der Waals surface area contributed by atoms with Crippen LogP contribution in [0.1, 0.15) is 84.1 Å². The number of alkyl halides is 2. The van der Waals surface area contributed by atoms with Gasteiger partial charge in [0.15, 0.2) is 5.82 Å². The van der Waals surface area contributed by atoms with E-state index in [0.717, 1.165) is 50.8 Å². The molecule has 0 aliphatic carbocycles. The Morgan fingerprint density at radius 1 is 0.983 bits per heavy atom. The molecule has 2 aromatic carbocycles. The molecule has 6 aliphatic heterocycles. The topological polar surface area (TPSA) is 122 Å². The molecule has 1 unspecified atom stereocenters. The van der Waals surface area contributed by atoms with Gasteiger partial charge in [-0.15, -0.1) is 0 Å². The highest BCUT2D eigenvalue weighted by atomic mass is 19.3. The zero-order valence-electron chi connectivity index (χ0n) is 33.3. The Morgan fingerprint density at radius 3 is 2.57 bits per heavy atom. The van der Waals surface area contributed by atoms with Crippen LogP contribution in [0.4, 0.5) is 28.6 Å². The highest BCUT2D eigenvalue weighted by Crippen LogP contribution is 2.43. The van der Waals surface area contributed by atoms with Gasteiger partial charge in [0.1, 0.15) is 29.4 Å². The van der Waals surface area contributed by atoms with E-state index in [0.29, 0.717) is 66.5 Å². The molecule has 8 heterocycles. The van der Waals surface area contributed by atoms with Crippen molar-refractivity contribution in [2.45, 2.75) is 108 Å². The van der Waals surface area contributed by atoms with E-state index in [9.17, 15) is 18.4 Å². The van der Waals surface area contributed by atoms with Crippen LogP contribution < -0.4 is 19.7 Å². The van der Waals surface area contributed by atoms with E-state index in [-0.39, 0.29) is 41.7 Å². The molecule has 6 aliphatic rings. The molecule has 1 atom stereocenters. The summed E-state index contributed by atoms with van der Waals surface area (Å²) < 4.78 is 64.4. The third-order valence-electron chi connectivity index (χ3n) is 13.0. The molecule has 4 aromatic rings. The highest BCUT2D eigenvalue weighted by Gasteiger charge is 2.48. The van der Waals surface area contributed by atoms with Crippen LogP contribution in [0.5, 0.6) is 11.8 Å². The van der Waals surface area contributed by atoms with Crippen molar-refractivity contribution in [3.63, 3.8) is 0 Å². The minimum atomic E-state index is -2.90. The van der Waals surface area contributed by atoms with Crippen molar-refractivity contribution in [2.75, 3.05) is 50.8 Å². The van der Waals surface area contributed by atoms with Crippen LogP contribution in [0.3, 0.4) is 0 Å². The van der Waals surface area contributed by atoms with Gasteiger partial charge >= 0.3 is 18.2 Å². The van der Waals surface area contributed by atoms with Gasteiger partial charge in [-0.25, -0.2) is 22.8 Å². The SMILES string of the molecule is CC12CCCN(C1)c1nc(OCC34CCCN3CCC4)nc3c(F)c(ncc13)-c1cc(OC(=O)N3CCC(F)(F)CC3(C)C)cc3cccc(c13)CCCOC(=O)N2. The van der Waals surface area contributed by atoms with E-state index >= 15 is 4.39 Å². The fraction of sp³-hybridized carbons (Fsp3) is 0.558. The maximum absolute atomic E-state index is 17.6. The van der Waals surface area contributed by atoms with Crippen molar-refractivity contribution < 1.29 is 37.0 Å². The molecule has 2 amide bonds. The molecular formula is C43H50F3N7O5. The predicted octanol–water partition coefficient (Wildman–Crippen LogP) is 8.03. The van der Waals surface area contributed by atoms with Crippen LogP contribution >= 0.6 is 0 Å². The van der Waals surface area contributed by atoms with Crippen molar-refractivity contribution in [1.29, 1.82) is 0 Å². The lowest BCUT2D eigenvalue weighted by Crippen LogP contribution is -2.57. The summed E-state index contributed by atoms with van der Waals surface area (Å²) in [4.78, 5) is 47.1. The fourth-order valence-corrected chi connectivity index (χ4v) is 10.2. The number of ether oxygens (including phenoxy) is 3. The number of amides is 2. The van der Waals surface area contributed by atoms with Gasteiger partial charge in [-0.2, -0.15) is 9.97 Å². The molecule has 15 heteroatoms. The number of rotatable bonds is 4. The van der Waals surface area contributed by atoms with Crippen molar-refractivity contribution in [3.05, 3.63) is 47.9 Å². The molecule has 58 heavy (non-hydrogen) atoms. The second-order valence-electron chi connectivity index (χ2n) is 17.8. The van der Waals surface area contributed by atoms with E-state index in [1.165, 1.54) is 4.90 Å². The number of nitrogens with one attached hydrogen (secondary N) is 1. The Labute approximate surface area is 335 Å². The van der Waals surface area contributed by atoms with Gasteiger partial charge in [-0.3, -0.25) is 9.88 Å². The standard InChI is InChI=1S/C43H50F3N7O5/c1-40(2)24-43(45,46)15-19-53(40)39(55)58-29-21-28-10-4-9-27-11-5-20-56-38(54)50-41(3)12-6-16-51(25-41)36-31-23-47-34(30(22-29)32(27)28)33(44)35(31)48-37(49-36)57-26-42-13-7-17-52(42)18-8-14-42/h4,9-10,21-23H,5-8,11-20,24-26H2,1-3H3,(H,50,54). The van der Waals surface area contributed by atoms with Gasteiger partial charge in [0, 0.05) is 49.8 Å². The summed E-state index contributed by atoms with van der Waals surface area (Å²) in [5.41, 5.74) is -0.674. The van der Waals surface area contributed by atoms with E-state index in [2.05, 4.69) is 10.2 Å². The molecule has 308 valence electrons. The first-order valence-electron chi connectivity index (χ1n) is 20.6. The van der Waals surface area contributed by atoms with E-state index in [1.807, 2.05) is 30.0 Å². The number of carbonyl (C=O) groups excluding carboxylic acids is 2. The number of carbonyl (C=O) groups is 2. The molecule has 4 fully saturated rings. The quantitative estimate of drug-likeness (QED) is 0.217. The molecular weight excluding hydrogens is 752 g/mol. The Hall–Kier alpha value is -4.92. The lowest BCUT2D eigenvalue weighted by Gasteiger charge is -2.44. The lowest BCUT2D eigenvalue weighted by molar-refractivity contribution is -0.0934. The molecule has 12 nitrogen and oxygen atoms in total. The Morgan fingerprint density at radius 2 is 1.78 bits per heavy atom. The molecule has 10 rings (SSSR count). The Balaban J connectivity index is 1.18. The summed E-state index contributed by atoms with van der Waals surface area (Å²) in [6.07, 6.45) is 5.96. The number of aryl methyl sites for hydroxylation is 1.